The van der Waals surface area contributed by atoms with E-state index < -0.39 is 0 Å². The smallest absolute Gasteiger partial charge is 0.0352 e. The average Bonchev–Trinajstić information content (AvgIpc) is 3.08. The Bertz CT molecular complexity index is 1960. The lowest BCUT2D eigenvalue weighted by Crippen LogP contribution is -2.22. The zero-order chi connectivity index (χ0) is 29.6. The molecule has 0 nitrogen and oxygen atoms in total. The molecule has 2 unspecified atom stereocenters. The summed E-state index contributed by atoms with van der Waals surface area (Å²) in [5, 5.41) is 2.60. The zero-order valence-corrected chi connectivity index (χ0v) is 28.2. The number of fused-ring (bicyclic) bond motifs is 3. The van der Waals surface area contributed by atoms with Crippen molar-refractivity contribution in [3.05, 3.63) is 198 Å². The van der Waals surface area contributed by atoms with Gasteiger partial charge in [-0.25, -0.2) is 0 Å². The fraction of sp³-hybridized carbons (Fsp3) is 0.0476. The van der Waals surface area contributed by atoms with Gasteiger partial charge in [-0.3, -0.25) is 0 Å². The van der Waals surface area contributed by atoms with Crippen molar-refractivity contribution in [2.24, 2.45) is 0 Å². The molecule has 2 atom stereocenters. The minimum absolute atomic E-state index is 0.0839. The lowest BCUT2D eigenvalue weighted by Gasteiger charge is -2.39. The quantitative estimate of drug-likeness (QED) is 0.156. The maximum absolute atomic E-state index is 2.42. The van der Waals surface area contributed by atoms with Gasteiger partial charge in [0.05, 0.1) is 0 Å². The first kappa shape index (κ1) is 27.8. The molecule has 1 aliphatic rings. The van der Waals surface area contributed by atoms with Crippen molar-refractivity contribution in [2.45, 2.75) is 11.8 Å². The second-order valence-electron chi connectivity index (χ2n) is 11.5. The molecular formula is C42H28I2. The SMILES string of the molecule is Ic1ccc(C2c3ccccc3C(c3ccc(I)cc3)c3c2c(-c2ccccc2)c2ccccc2c3-c2ccccc2)cc1. The van der Waals surface area contributed by atoms with Gasteiger partial charge >= 0.3 is 0 Å². The molecule has 7 aromatic rings. The minimum atomic E-state index is 0.0839. The summed E-state index contributed by atoms with van der Waals surface area (Å²) in [4.78, 5) is 0. The third-order valence-electron chi connectivity index (χ3n) is 9.02. The summed E-state index contributed by atoms with van der Waals surface area (Å²) in [5.41, 5.74) is 13.4. The largest absolute Gasteiger partial charge is 0.0622 e. The van der Waals surface area contributed by atoms with Crippen molar-refractivity contribution >= 4 is 56.0 Å². The Hall–Kier alpha value is -3.74. The van der Waals surface area contributed by atoms with Gasteiger partial charge in [-0.2, -0.15) is 0 Å². The second kappa shape index (κ2) is 11.6. The van der Waals surface area contributed by atoms with Crippen molar-refractivity contribution in [3.8, 4) is 22.3 Å². The van der Waals surface area contributed by atoms with Gasteiger partial charge < -0.3 is 0 Å². The normalized spacial score (nSPS) is 15.5. The van der Waals surface area contributed by atoms with Crippen LogP contribution in [0.2, 0.25) is 0 Å². The first-order chi connectivity index (χ1) is 21.7. The number of hydrogen-bond donors (Lipinski definition) is 0. The van der Waals surface area contributed by atoms with Crippen LogP contribution in [0.4, 0.5) is 0 Å². The molecule has 1 aliphatic carbocycles. The molecule has 0 amide bonds. The molecule has 0 spiro atoms. The van der Waals surface area contributed by atoms with Crippen LogP contribution in [-0.2, 0) is 0 Å². The predicted molar refractivity (Wildman–Crippen MR) is 201 cm³/mol. The molecular weight excluding hydrogens is 758 g/mol. The van der Waals surface area contributed by atoms with Crippen LogP contribution in [0.15, 0.2) is 158 Å². The first-order valence-corrected chi connectivity index (χ1v) is 17.1. The van der Waals surface area contributed by atoms with Gasteiger partial charge in [0, 0.05) is 19.0 Å². The summed E-state index contributed by atoms with van der Waals surface area (Å²) < 4.78 is 2.50. The van der Waals surface area contributed by atoms with Crippen molar-refractivity contribution in [1.82, 2.24) is 0 Å². The van der Waals surface area contributed by atoms with Crippen molar-refractivity contribution in [3.63, 3.8) is 0 Å². The fourth-order valence-electron chi connectivity index (χ4n) is 7.26. The molecule has 44 heavy (non-hydrogen) atoms. The molecule has 7 aromatic carbocycles. The number of rotatable bonds is 4. The highest BCUT2D eigenvalue weighted by Crippen LogP contribution is 2.57. The molecule has 0 heterocycles. The summed E-state index contributed by atoms with van der Waals surface area (Å²) in [6, 6.07) is 58.7. The Kier molecular flexibility index (Phi) is 7.35. The molecule has 0 aliphatic heterocycles. The highest BCUT2D eigenvalue weighted by molar-refractivity contribution is 14.1. The fourth-order valence-corrected chi connectivity index (χ4v) is 7.98. The molecule has 0 bridgehead atoms. The Balaban J connectivity index is 1.62. The molecule has 0 aromatic heterocycles. The molecule has 0 saturated carbocycles. The number of hydrogen-bond acceptors (Lipinski definition) is 0. The van der Waals surface area contributed by atoms with E-state index in [4.69, 9.17) is 0 Å². The lowest BCUT2D eigenvalue weighted by atomic mass is 9.64. The zero-order valence-electron chi connectivity index (χ0n) is 23.9. The van der Waals surface area contributed by atoms with Crippen LogP contribution in [-0.4, -0.2) is 0 Å². The van der Waals surface area contributed by atoms with Gasteiger partial charge in [0.1, 0.15) is 0 Å². The van der Waals surface area contributed by atoms with Gasteiger partial charge in [-0.15, -0.1) is 0 Å². The van der Waals surface area contributed by atoms with Gasteiger partial charge in [0.2, 0.25) is 0 Å². The average molecular weight is 786 g/mol. The van der Waals surface area contributed by atoms with Gasteiger partial charge in [-0.05, 0) is 136 Å². The molecule has 0 saturated heterocycles. The van der Waals surface area contributed by atoms with Gasteiger partial charge in [-0.1, -0.05) is 133 Å². The third-order valence-corrected chi connectivity index (χ3v) is 10.5. The molecule has 8 rings (SSSR count). The Morgan fingerprint density at radius 1 is 0.341 bits per heavy atom. The Labute approximate surface area is 286 Å². The molecule has 210 valence electrons. The highest BCUT2D eigenvalue weighted by Gasteiger charge is 2.39. The topological polar surface area (TPSA) is 0 Å². The summed E-state index contributed by atoms with van der Waals surface area (Å²) in [5.74, 6) is 0.168. The van der Waals surface area contributed by atoms with Crippen LogP contribution in [0.25, 0.3) is 33.0 Å². The van der Waals surface area contributed by atoms with Crippen LogP contribution >= 0.6 is 45.2 Å². The third kappa shape index (κ3) is 4.70. The van der Waals surface area contributed by atoms with Crippen LogP contribution in [0.3, 0.4) is 0 Å². The van der Waals surface area contributed by atoms with E-state index >= 15 is 0 Å². The number of halogens is 2. The van der Waals surface area contributed by atoms with E-state index in [-0.39, 0.29) is 11.8 Å². The highest BCUT2D eigenvalue weighted by atomic mass is 127. The summed E-state index contributed by atoms with van der Waals surface area (Å²) in [6.45, 7) is 0. The molecule has 0 fully saturated rings. The van der Waals surface area contributed by atoms with Crippen LogP contribution in [0.1, 0.15) is 45.2 Å². The maximum atomic E-state index is 2.42. The van der Waals surface area contributed by atoms with E-state index in [0.717, 1.165) is 0 Å². The van der Waals surface area contributed by atoms with Crippen LogP contribution < -0.4 is 0 Å². The molecule has 0 radical (unpaired) electrons. The van der Waals surface area contributed by atoms with E-state index in [1.165, 1.54) is 73.5 Å². The molecule has 2 heteroatoms. The Morgan fingerprint density at radius 2 is 0.682 bits per heavy atom. The van der Waals surface area contributed by atoms with E-state index in [1.807, 2.05) is 0 Å². The lowest BCUT2D eigenvalue weighted by molar-refractivity contribution is 0.827. The van der Waals surface area contributed by atoms with E-state index in [2.05, 4.69) is 203 Å². The van der Waals surface area contributed by atoms with E-state index in [0.29, 0.717) is 0 Å². The van der Waals surface area contributed by atoms with Gasteiger partial charge in [0.25, 0.3) is 0 Å². The minimum Gasteiger partial charge on any atom is -0.0622 e. The van der Waals surface area contributed by atoms with E-state index in [1.54, 1.807) is 0 Å². The van der Waals surface area contributed by atoms with Gasteiger partial charge in [0.15, 0.2) is 0 Å². The Morgan fingerprint density at radius 3 is 1.07 bits per heavy atom. The summed E-state index contributed by atoms with van der Waals surface area (Å²) >= 11 is 4.84. The summed E-state index contributed by atoms with van der Waals surface area (Å²) in [6.07, 6.45) is 0. The first-order valence-electron chi connectivity index (χ1n) is 15.0. The van der Waals surface area contributed by atoms with Crippen LogP contribution in [0.5, 0.6) is 0 Å². The van der Waals surface area contributed by atoms with Crippen LogP contribution in [0, 0.1) is 7.14 Å². The van der Waals surface area contributed by atoms with E-state index in [9.17, 15) is 0 Å². The van der Waals surface area contributed by atoms with Crippen molar-refractivity contribution < 1.29 is 0 Å². The predicted octanol–water partition coefficient (Wildman–Crippen LogP) is 12.1. The van der Waals surface area contributed by atoms with Crippen molar-refractivity contribution in [1.29, 1.82) is 0 Å². The second-order valence-corrected chi connectivity index (χ2v) is 13.9. The monoisotopic (exact) mass is 786 g/mol. The summed E-state index contributed by atoms with van der Waals surface area (Å²) in [7, 11) is 0. The maximum Gasteiger partial charge on any atom is 0.0352 e. The standard InChI is InChI=1S/C42H28I2/c43-31-23-19-29(20-24-31)39-35-17-9-10-18-36(35)40(30-21-25-32(44)26-22-30)42-38(28-13-5-2-6-14-28)34-16-8-7-15-33(34)37(41(39)42)27-11-3-1-4-12-27/h1-26,39-40H. The van der Waals surface area contributed by atoms with Crippen molar-refractivity contribution in [2.75, 3.05) is 0 Å². The number of benzene rings is 7. The molecule has 0 N–H and O–H groups in total.